The predicted molar refractivity (Wildman–Crippen MR) is 39.1 cm³/mol. The Bertz CT molecular complexity index is 149. The van der Waals surface area contributed by atoms with Gasteiger partial charge in [0.2, 0.25) is 0 Å². The van der Waals surface area contributed by atoms with Crippen molar-refractivity contribution in [3.8, 4) is 0 Å². The summed E-state index contributed by atoms with van der Waals surface area (Å²) in [5, 5.41) is 0. The van der Waals surface area contributed by atoms with Crippen LogP contribution in [0.15, 0.2) is 0 Å². The zero-order chi connectivity index (χ0) is 8.27. The van der Waals surface area contributed by atoms with Gasteiger partial charge in [-0.3, -0.25) is 0 Å². The molecule has 4 nitrogen and oxygen atoms in total. The van der Waals surface area contributed by atoms with E-state index < -0.39 is 6.16 Å². The van der Waals surface area contributed by atoms with E-state index in [2.05, 4.69) is 4.74 Å². The van der Waals surface area contributed by atoms with Crippen LogP contribution in [0.1, 0.15) is 19.3 Å². The molecule has 0 radical (unpaired) electrons. The fourth-order valence-electron chi connectivity index (χ4n) is 1.27. The molecule has 0 saturated heterocycles. The van der Waals surface area contributed by atoms with Gasteiger partial charge >= 0.3 is 6.16 Å². The third-order valence-electron chi connectivity index (χ3n) is 1.92. The van der Waals surface area contributed by atoms with Crippen LogP contribution in [0.4, 0.5) is 4.79 Å². The van der Waals surface area contributed by atoms with E-state index in [4.69, 9.17) is 10.5 Å². The molecule has 1 aliphatic carbocycles. The Labute approximate surface area is 65.7 Å². The van der Waals surface area contributed by atoms with Gasteiger partial charge in [0, 0.05) is 6.04 Å². The minimum Gasteiger partial charge on any atom is -0.438 e. The highest BCUT2D eigenvalue weighted by Crippen LogP contribution is 2.20. The molecule has 1 rings (SSSR count). The molecule has 1 aliphatic rings. The van der Waals surface area contributed by atoms with Gasteiger partial charge < -0.3 is 15.2 Å². The molecule has 2 N–H and O–H groups in total. The molecule has 1 fully saturated rings. The average Bonchev–Trinajstić information content (AvgIpc) is 2.37. The summed E-state index contributed by atoms with van der Waals surface area (Å²) in [7, 11) is 1.29. The van der Waals surface area contributed by atoms with E-state index in [0.29, 0.717) is 0 Å². The molecule has 0 aromatic carbocycles. The van der Waals surface area contributed by atoms with E-state index in [1.807, 2.05) is 0 Å². The van der Waals surface area contributed by atoms with Crippen LogP contribution in [0.25, 0.3) is 0 Å². The van der Waals surface area contributed by atoms with Crippen LogP contribution in [-0.4, -0.2) is 25.4 Å². The SMILES string of the molecule is COC(=O)OC1CCCC1N. The molecule has 4 heteroatoms. The van der Waals surface area contributed by atoms with Crippen molar-refractivity contribution in [2.45, 2.75) is 31.4 Å². The fourth-order valence-corrected chi connectivity index (χ4v) is 1.27. The van der Waals surface area contributed by atoms with Crippen LogP contribution in [0.5, 0.6) is 0 Å². The molecular formula is C7H13NO3. The quantitative estimate of drug-likeness (QED) is 0.570. The Kier molecular flexibility index (Phi) is 2.70. The van der Waals surface area contributed by atoms with E-state index in [1.54, 1.807) is 0 Å². The van der Waals surface area contributed by atoms with E-state index in [1.165, 1.54) is 7.11 Å². The zero-order valence-electron chi connectivity index (χ0n) is 6.58. The molecule has 2 unspecified atom stereocenters. The maximum Gasteiger partial charge on any atom is 0.508 e. The lowest BCUT2D eigenvalue weighted by Gasteiger charge is -2.14. The average molecular weight is 159 g/mol. The second-order valence-electron chi connectivity index (χ2n) is 2.71. The minimum atomic E-state index is -0.632. The summed E-state index contributed by atoms with van der Waals surface area (Å²) in [5.74, 6) is 0. The van der Waals surface area contributed by atoms with Gasteiger partial charge in [-0.25, -0.2) is 4.79 Å². The lowest BCUT2D eigenvalue weighted by Crippen LogP contribution is -2.33. The van der Waals surface area contributed by atoms with Gasteiger partial charge in [0.25, 0.3) is 0 Å². The van der Waals surface area contributed by atoms with Crippen LogP contribution in [-0.2, 0) is 9.47 Å². The van der Waals surface area contributed by atoms with Gasteiger partial charge in [-0.1, -0.05) is 0 Å². The summed E-state index contributed by atoms with van der Waals surface area (Å²) in [6, 6.07) is -0.00546. The summed E-state index contributed by atoms with van der Waals surface area (Å²) < 4.78 is 9.23. The van der Waals surface area contributed by atoms with Crippen molar-refractivity contribution >= 4 is 6.16 Å². The summed E-state index contributed by atoms with van der Waals surface area (Å²) in [6.45, 7) is 0. The fraction of sp³-hybridized carbons (Fsp3) is 0.857. The minimum absolute atomic E-state index is 0.00546. The summed E-state index contributed by atoms with van der Waals surface area (Å²) in [4.78, 5) is 10.6. The van der Waals surface area contributed by atoms with Gasteiger partial charge in [0.05, 0.1) is 7.11 Å². The van der Waals surface area contributed by atoms with Crippen molar-refractivity contribution in [1.29, 1.82) is 0 Å². The summed E-state index contributed by atoms with van der Waals surface area (Å²) in [5.41, 5.74) is 5.65. The van der Waals surface area contributed by atoms with E-state index in [-0.39, 0.29) is 12.1 Å². The summed E-state index contributed by atoms with van der Waals surface area (Å²) >= 11 is 0. The van der Waals surface area contributed by atoms with Crippen molar-refractivity contribution in [1.82, 2.24) is 0 Å². The second-order valence-corrected chi connectivity index (χ2v) is 2.71. The third kappa shape index (κ3) is 2.08. The van der Waals surface area contributed by atoms with Crippen LogP contribution < -0.4 is 5.73 Å². The highest BCUT2D eigenvalue weighted by molar-refractivity contribution is 5.59. The summed E-state index contributed by atoms with van der Waals surface area (Å²) in [6.07, 6.45) is 2.05. The molecule has 0 amide bonds. The maximum absolute atomic E-state index is 10.6. The van der Waals surface area contributed by atoms with E-state index in [9.17, 15) is 4.79 Å². The number of carbonyl (C=O) groups is 1. The van der Waals surface area contributed by atoms with Crippen molar-refractivity contribution in [2.75, 3.05) is 7.11 Å². The number of hydrogen-bond acceptors (Lipinski definition) is 4. The molecular weight excluding hydrogens is 146 g/mol. The van der Waals surface area contributed by atoms with Crippen LogP contribution >= 0.6 is 0 Å². The molecule has 1 saturated carbocycles. The number of methoxy groups -OCH3 is 1. The molecule has 0 bridgehead atoms. The van der Waals surface area contributed by atoms with Crippen LogP contribution in [0.3, 0.4) is 0 Å². The molecule has 64 valence electrons. The maximum atomic E-state index is 10.6. The van der Waals surface area contributed by atoms with Gasteiger partial charge in [-0.2, -0.15) is 0 Å². The normalized spacial score (nSPS) is 30.0. The molecule has 0 spiro atoms. The largest absolute Gasteiger partial charge is 0.508 e. The van der Waals surface area contributed by atoms with Gasteiger partial charge in [-0.05, 0) is 19.3 Å². The van der Waals surface area contributed by atoms with Crippen LogP contribution in [0, 0.1) is 0 Å². The zero-order valence-corrected chi connectivity index (χ0v) is 6.58. The first kappa shape index (κ1) is 8.33. The van der Waals surface area contributed by atoms with E-state index in [0.717, 1.165) is 19.3 Å². The first-order valence-electron chi connectivity index (χ1n) is 3.74. The van der Waals surface area contributed by atoms with Gasteiger partial charge in [-0.15, -0.1) is 0 Å². The Balaban J connectivity index is 2.30. The van der Waals surface area contributed by atoms with E-state index >= 15 is 0 Å². The monoisotopic (exact) mass is 159 g/mol. The van der Waals surface area contributed by atoms with Crippen molar-refractivity contribution < 1.29 is 14.3 Å². The van der Waals surface area contributed by atoms with Gasteiger partial charge in [0.15, 0.2) is 0 Å². The van der Waals surface area contributed by atoms with Gasteiger partial charge in [0.1, 0.15) is 6.10 Å². The lowest BCUT2D eigenvalue weighted by molar-refractivity contribution is 0.0341. The first-order valence-corrected chi connectivity index (χ1v) is 3.74. The highest BCUT2D eigenvalue weighted by atomic mass is 16.7. The number of hydrogen-bond donors (Lipinski definition) is 1. The Morgan fingerprint density at radius 1 is 1.55 bits per heavy atom. The molecule has 0 heterocycles. The topological polar surface area (TPSA) is 61.5 Å². The van der Waals surface area contributed by atoms with Crippen molar-refractivity contribution in [2.24, 2.45) is 5.73 Å². The number of carbonyl (C=O) groups excluding carboxylic acids is 1. The molecule has 0 aliphatic heterocycles. The first-order chi connectivity index (χ1) is 5.24. The Morgan fingerprint density at radius 2 is 2.27 bits per heavy atom. The smallest absolute Gasteiger partial charge is 0.438 e. The predicted octanol–water partition coefficient (Wildman–Crippen LogP) is 0.649. The van der Waals surface area contributed by atoms with Crippen molar-refractivity contribution in [3.63, 3.8) is 0 Å². The second kappa shape index (κ2) is 3.57. The Morgan fingerprint density at radius 3 is 2.73 bits per heavy atom. The van der Waals surface area contributed by atoms with Crippen molar-refractivity contribution in [3.05, 3.63) is 0 Å². The molecule has 2 atom stereocenters. The Hall–Kier alpha value is -0.770. The van der Waals surface area contributed by atoms with Crippen LogP contribution in [0.2, 0.25) is 0 Å². The lowest BCUT2D eigenvalue weighted by atomic mass is 10.2. The molecule has 11 heavy (non-hydrogen) atoms. The standard InChI is InChI=1S/C7H13NO3/c1-10-7(9)11-6-4-2-3-5(6)8/h5-6H,2-4,8H2,1H3. The highest BCUT2D eigenvalue weighted by Gasteiger charge is 2.27. The molecule has 0 aromatic heterocycles. The molecule has 0 aromatic rings. The number of rotatable bonds is 1. The number of ether oxygens (including phenoxy) is 2. The number of nitrogens with two attached hydrogens (primary N) is 1. The third-order valence-corrected chi connectivity index (χ3v) is 1.92.